The lowest BCUT2D eigenvalue weighted by atomic mass is 10.2. The fraction of sp³-hybridized carbons (Fsp3) is 0.375. The van der Waals surface area contributed by atoms with E-state index in [9.17, 15) is 4.79 Å². The fourth-order valence-corrected chi connectivity index (χ4v) is 2.21. The summed E-state index contributed by atoms with van der Waals surface area (Å²) in [5.74, 6) is 0.340. The summed E-state index contributed by atoms with van der Waals surface area (Å²) in [5, 5.41) is 2.68. The first-order chi connectivity index (χ1) is 6.74. The molecule has 1 atom stereocenters. The van der Waals surface area contributed by atoms with E-state index in [2.05, 4.69) is 9.98 Å². The average Bonchev–Trinajstić information content (AvgIpc) is 2.72. The summed E-state index contributed by atoms with van der Waals surface area (Å²) in [5.41, 5.74) is 5.68. The number of carbonyl (C=O) groups is 1. The van der Waals surface area contributed by atoms with E-state index in [1.54, 1.807) is 11.1 Å². The molecule has 2 N–H and O–H groups in total. The first kappa shape index (κ1) is 9.14. The lowest BCUT2D eigenvalue weighted by Gasteiger charge is -2.20. The molecule has 0 spiro atoms. The highest BCUT2D eigenvalue weighted by molar-refractivity contribution is 7.09. The predicted octanol–water partition coefficient (Wildman–Crippen LogP) is 0.997. The fourth-order valence-electron chi connectivity index (χ4n) is 1.45. The molecule has 2 rings (SSSR count). The summed E-state index contributed by atoms with van der Waals surface area (Å²) < 4.78 is 0. The van der Waals surface area contributed by atoms with Crippen molar-refractivity contribution in [3.05, 3.63) is 16.6 Å². The molecule has 1 aliphatic heterocycles. The smallest absolute Gasteiger partial charge is 0.346 e. The van der Waals surface area contributed by atoms with E-state index >= 15 is 0 Å². The van der Waals surface area contributed by atoms with Crippen molar-refractivity contribution in [1.29, 1.82) is 0 Å². The number of amidine groups is 1. The van der Waals surface area contributed by atoms with Gasteiger partial charge in [0.25, 0.3) is 0 Å². The Labute approximate surface area is 85.3 Å². The van der Waals surface area contributed by atoms with E-state index < -0.39 is 0 Å². The van der Waals surface area contributed by atoms with E-state index in [1.807, 2.05) is 12.3 Å². The Morgan fingerprint density at radius 2 is 2.50 bits per heavy atom. The second-order valence-corrected chi connectivity index (χ2v) is 3.80. The Morgan fingerprint density at radius 1 is 1.71 bits per heavy atom. The van der Waals surface area contributed by atoms with Crippen LogP contribution >= 0.6 is 11.3 Å². The molecule has 1 aliphatic rings. The molecule has 0 radical (unpaired) electrons. The Bertz CT molecular complexity index is 373. The largest absolute Gasteiger partial charge is 0.385 e. The van der Waals surface area contributed by atoms with Gasteiger partial charge < -0.3 is 10.6 Å². The van der Waals surface area contributed by atoms with Crippen molar-refractivity contribution in [2.24, 2.45) is 10.7 Å². The number of urea groups is 1. The van der Waals surface area contributed by atoms with Crippen molar-refractivity contribution in [1.82, 2.24) is 9.88 Å². The predicted molar refractivity (Wildman–Crippen MR) is 54.3 cm³/mol. The molecule has 0 aliphatic carbocycles. The molecule has 0 saturated carbocycles. The first-order valence-electron chi connectivity index (χ1n) is 4.28. The second kappa shape index (κ2) is 3.38. The van der Waals surface area contributed by atoms with E-state index in [-0.39, 0.29) is 12.1 Å². The zero-order valence-electron chi connectivity index (χ0n) is 7.67. The van der Waals surface area contributed by atoms with Crippen molar-refractivity contribution >= 4 is 23.2 Å². The normalized spacial score (nSPS) is 21.5. The number of aromatic nitrogens is 1. The van der Waals surface area contributed by atoms with Crippen molar-refractivity contribution < 1.29 is 4.79 Å². The number of thiazole rings is 1. The van der Waals surface area contributed by atoms with Gasteiger partial charge in [-0.3, -0.25) is 0 Å². The van der Waals surface area contributed by atoms with Crippen molar-refractivity contribution in [3.8, 4) is 0 Å². The summed E-state index contributed by atoms with van der Waals surface area (Å²) in [6.45, 7) is 2.49. The van der Waals surface area contributed by atoms with Crippen LogP contribution in [0.3, 0.4) is 0 Å². The molecule has 1 aromatic rings. The first-order valence-corrected chi connectivity index (χ1v) is 5.16. The van der Waals surface area contributed by atoms with Gasteiger partial charge in [-0.2, -0.15) is 4.99 Å². The molecule has 0 saturated heterocycles. The van der Waals surface area contributed by atoms with Gasteiger partial charge in [-0.05, 0) is 6.92 Å². The highest BCUT2D eigenvalue weighted by Crippen LogP contribution is 2.27. The quantitative estimate of drug-likeness (QED) is 0.791. The summed E-state index contributed by atoms with van der Waals surface area (Å²) in [4.78, 5) is 20.8. The molecule has 14 heavy (non-hydrogen) atoms. The lowest BCUT2D eigenvalue weighted by molar-refractivity contribution is 0.209. The molecule has 74 valence electrons. The molecule has 5 nitrogen and oxygen atoms in total. The third-order valence-electron chi connectivity index (χ3n) is 2.09. The topological polar surface area (TPSA) is 71.6 Å². The molecule has 1 unspecified atom stereocenters. The van der Waals surface area contributed by atoms with Crippen molar-refractivity contribution in [2.75, 3.05) is 6.54 Å². The zero-order valence-corrected chi connectivity index (χ0v) is 8.49. The number of carbonyl (C=O) groups excluding carboxylic acids is 1. The van der Waals surface area contributed by atoms with Crippen LogP contribution in [0.25, 0.3) is 0 Å². The summed E-state index contributed by atoms with van der Waals surface area (Å²) in [6.07, 6.45) is 1.70. The summed E-state index contributed by atoms with van der Waals surface area (Å²) >= 11 is 1.48. The van der Waals surface area contributed by atoms with Gasteiger partial charge in [-0.15, -0.1) is 11.3 Å². The number of hydrogen-bond donors (Lipinski definition) is 1. The molecule has 0 aromatic carbocycles. The zero-order chi connectivity index (χ0) is 10.1. The number of rotatable bonds is 2. The number of hydrogen-bond acceptors (Lipinski definition) is 4. The Balaban J connectivity index is 2.34. The molecule has 2 heterocycles. The minimum atomic E-state index is -0.273. The molecule has 2 amide bonds. The molecule has 1 aromatic heterocycles. The maximum absolute atomic E-state index is 11.4. The SMILES string of the molecule is CCN1C(=O)N=C(N)C1c1nccs1. The lowest BCUT2D eigenvalue weighted by Crippen LogP contribution is -2.33. The van der Waals surface area contributed by atoms with Gasteiger partial charge in [0.15, 0.2) is 0 Å². The van der Waals surface area contributed by atoms with Crippen LogP contribution < -0.4 is 5.73 Å². The van der Waals surface area contributed by atoms with Gasteiger partial charge in [-0.1, -0.05) is 0 Å². The maximum atomic E-state index is 11.4. The van der Waals surface area contributed by atoms with E-state index in [0.29, 0.717) is 12.4 Å². The standard InChI is InChI=1S/C8H10N4OS/c1-2-12-5(6(9)11-8(12)13)7-10-3-4-14-7/h3-5H,2H2,1H3,(H2,9,11,13). The summed E-state index contributed by atoms with van der Waals surface area (Å²) in [6, 6.07) is -0.530. The van der Waals surface area contributed by atoms with Crippen LogP contribution in [0.1, 0.15) is 18.0 Å². The molecular formula is C8H10N4OS. The number of nitrogens with zero attached hydrogens (tertiary/aromatic N) is 3. The third kappa shape index (κ3) is 1.27. The van der Waals surface area contributed by atoms with Crippen LogP contribution in [-0.2, 0) is 0 Å². The number of aliphatic imine (C=N–C) groups is 1. The Hall–Kier alpha value is -1.43. The minimum absolute atomic E-state index is 0.257. The van der Waals surface area contributed by atoms with Crippen molar-refractivity contribution in [3.63, 3.8) is 0 Å². The van der Waals surface area contributed by atoms with Gasteiger partial charge in [0.1, 0.15) is 16.9 Å². The highest BCUT2D eigenvalue weighted by Gasteiger charge is 2.34. The van der Waals surface area contributed by atoms with Gasteiger partial charge in [0.2, 0.25) is 0 Å². The second-order valence-electron chi connectivity index (χ2n) is 2.88. The van der Waals surface area contributed by atoms with Crippen molar-refractivity contribution in [2.45, 2.75) is 13.0 Å². The summed E-state index contributed by atoms with van der Waals surface area (Å²) in [7, 11) is 0. The van der Waals surface area contributed by atoms with Gasteiger partial charge in [0, 0.05) is 18.1 Å². The number of likely N-dealkylation sites (N-methyl/N-ethyl adjacent to an activating group) is 1. The maximum Gasteiger partial charge on any atom is 0.346 e. The van der Waals surface area contributed by atoms with E-state index in [4.69, 9.17) is 5.73 Å². The van der Waals surface area contributed by atoms with Gasteiger partial charge in [-0.25, -0.2) is 9.78 Å². The van der Waals surface area contributed by atoms with Crippen LogP contribution in [0.4, 0.5) is 4.79 Å². The monoisotopic (exact) mass is 210 g/mol. The van der Waals surface area contributed by atoms with Crippen LogP contribution in [0.5, 0.6) is 0 Å². The average molecular weight is 210 g/mol. The molecule has 0 bridgehead atoms. The van der Waals surface area contributed by atoms with E-state index in [0.717, 1.165) is 5.01 Å². The van der Waals surface area contributed by atoms with Crippen LogP contribution in [0, 0.1) is 0 Å². The van der Waals surface area contributed by atoms with Crippen LogP contribution in [0.15, 0.2) is 16.6 Å². The number of nitrogens with two attached hydrogens (primary N) is 1. The van der Waals surface area contributed by atoms with E-state index in [1.165, 1.54) is 11.3 Å². The highest BCUT2D eigenvalue weighted by atomic mass is 32.1. The van der Waals surface area contributed by atoms with Gasteiger partial charge in [0.05, 0.1) is 0 Å². The molecule has 0 fully saturated rings. The molecular weight excluding hydrogens is 200 g/mol. The van der Waals surface area contributed by atoms with Crippen LogP contribution in [0.2, 0.25) is 0 Å². The van der Waals surface area contributed by atoms with Gasteiger partial charge >= 0.3 is 6.03 Å². The third-order valence-corrected chi connectivity index (χ3v) is 2.92. The Morgan fingerprint density at radius 3 is 3.07 bits per heavy atom. The number of amides is 2. The minimum Gasteiger partial charge on any atom is -0.385 e. The Kier molecular flexibility index (Phi) is 2.20. The van der Waals surface area contributed by atoms with Crippen LogP contribution in [-0.4, -0.2) is 28.3 Å². The molecule has 6 heteroatoms.